The highest BCUT2D eigenvalue weighted by Crippen LogP contribution is 2.70. The Kier molecular flexibility index (Phi) is 6.27. The van der Waals surface area contributed by atoms with Crippen LogP contribution < -0.4 is 4.65 Å². The van der Waals surface area contributed by atoms with Gasteiger partial charge in [0.2, 0.25) is 0 Å². The molecule has 33 heavy (non-hydrogen) atoms. The van der Waals surface area contributed by atoms with Crippen molar-refractivity contribution in [2.75, 3.05) is 13.6 Å². The first kappa shape index (κ1) is 25.4. The molecule has 3 fully saturated rings. The molecule has 0 aromatic heterocycles. The molecule has 0 radical (unpaired) electrons. The molecule has 0 amide bonds. The van der Waals surface area contributed by atoms with Crippen LogP contribution in [0.5, 0.6) is 0 Å². The maximum Gasteiger partial charge on any atom is 0.192 e. The molecule has 2 aliphatic carbocycles. The van der Waals surface area contributed by atoms with E-state index < -0.39 is 8.32 Å². The van der Waals surface area contributed by atoms with Gasteiger partial charge in [0, 0.05) is 11.3 Å². The Balaban J connectivity index is 1.67. The molecule has 1 aromatic carbocycles. The quantitative estimate of drug-likeness (QED) is 0.191. The van der Waals surface area contributed by atoms with Gasteiger partial charge in [0.1, 0.15) is 11.3 Å². The molecule has 1 spiro atoms. The maximum absolute atomic E-state index is 13.8. The fourth-order valence-electron chi connectivity index (χ4n) is 6.85. The van der Waals surface area contributed by atoms with Crippen molar-refractivity contribution in [2.45, 2.75) is 103 Å². The van der Waals surface area contributed by atoms with E-state index >= 15 is 0 Å². The van der Waals surface area contributed by atoms with E-state index in [9.17, 15) is 5.21 Å². The van der Waals surface area contributed by atoms with Crippen molar-refractivity contribution in [1.29, 1.82) is 0 Å². The van der Waals surface area contributed by atoms with Gasteiger partial charge in [-0.1, -0.05) is 59.7 Å². The van der Waals surface area contributed by atoms with Crippen LogP contribution in [0.15, 0.2) is 30.3 Å². The third kappa shape index (κ3) is 4.06. The SMILES string of the molecule is CC(C)[C@@H]1CC[C@@]2(C)[C@H](O[Si](C)(C)C(C)(C)C)CC[C@@H](C[N+](C)([O-])c3ccccc3)[C@@]23O[C@@H]13. The zero-order chi connectivity index (χ0) is 24.4. The van der Waals surface area contributed by atoms with Crippen LogP contribution in [-0.4, -0.2) is 39.7 Å². The topological polar surface area (TPSA) is 44.8 Å². The van der Waals surface area contributed by atoms with E-state index in [0.29, 0.717) is 18.4 Å². The van der Waals surface area contributed by atoms with Crippen LogP contribution in [0.4, 0.5) is 5.69 Å². The van der Waals surface area contributed by atoms with Crippen LogP contribution in [0, 0.1) is 28.4 Å². The molecule has 1 unspecified atom stereocenters. The summed E-state index contributed by atoms with van der Waals surface area (Å²) in [6, 6.07) is 9.87. The number of hydrogen-bond donors (Lipinski definition) is 0. The molecule has 5 heteroatoms. The van der Waals surface area contributed by atoms with Gasteiger partial charge in [-0.15, -0.1) is 0 Å². The van der Waals surface area contributed by atoms with Crippen molar-refractivity contribution >= 4 is 14.0 Å². The van der Waals surface area contributed by atoms with Gasteiger partial charge in [-0.2, -0.15) is 0 Å². The average Bonchev–Trinajstić information content (AvgIpc) is 3.46. The molecule has 3 aliphatic rings. The molecule has 4 nitrogen and oxygen atoms in total. The molecule has 1 saturated heterocycles. The molecule has 1 aliphatic heterocycles. The lowest BCUT2D eigenvalue weighted by atomic mass is 9.52. The van der Waals surface area contributed by atoms with E-state index in [1.807, 2.05) is 37.4 Å². The smallest absolute Gasteiger partial charge is 0.192 e. The number of ether oxygens (including phenoxy) is 1. The summed E-state index contributed by atoms with van der Waals surface area (Å²) >= 11 is 0. The molecule has 2 saturated carbocycles. The van der Waals surface area contributed by atoms with E-state index in [-0.39, 0.29) is 38.8 Å². The molecule has 4 rings (SSSR count). The highest BCUT2D eigenvalue weighted by atomic mass is 28.4. The summed E-state index contributed by atoms with van der Waals surface area (Å²) in [5.41, 5.74) is 0.589. The van der Waals surface area contributed by atoms with Crippen molar-refractivity contribution in [2.24, 2.45) is 23.2 Å². The van der Waals surface area contributed by atoms with Crippen LogP contribution in [-0.2, 0) is 9.16 Å². The Morgan fingerprint density at radius 3 is 2.36 bits per heavy atom. The van der Waals surface area contributed by atoms with Gasteiger partial charge < -0.3 is 19.0 Å². The van der Waals surface area contributed by atoms with Gasteiger partial charge in [-0.25, -0.2) is 0 Å². The standard InChI is InChI=1S/C28H47NO3Si/c1-20(2)23-17-18-27(6)24(32-33(8,9)26(3,4)5)16-15-21(28(27)25(23)31-28)19-29(7,30)22-13-11-10-12-14-22/h10-14,20-21,23-25H,15-19H2,1-9H3/t21-,23-,24+,25-,27-,28-,29?/m0/s1. The average molecular weight is 474 g/mol. The minimum atomic E-state index is -1.91. The number of benzene rings is 1. The summed E-state index contributed by atoms with van der Waals surface area (Å²) in [4.78, 5) is 0. The van der Waals surface area contributed by atoms with Gasteiger partial charge >= 0.3 is 0 Å². The fourth-order valence-corrected chi connectivity index (χ4v) is 8.29. The lowest BCUT2D eigenvalue weighted by Crippen LogP contribution is -2.63. The molecule has 0 N–H and O–H groups in total. The van der Waals surface area contributed by atoms with E-state index in [0.717, 1.165) is 24.9 Å². The van der Waals surface area contributed by atoms with Crippen molar-refractivity contribution in [3.63, 3.8) is 0 Å². The van der Waals surface area contributed by atoms with Gasteiger partial charge in [0.25, 0.3) is 0 Å². The largest absolute Gasteiger partial charge is 0.628 e. The normalized spacial score (nSPS) is 38.4. The van der Waals surface area contributed by atoms with Gasteiger partial charge in [0.15, 0.2) is 8.32 Å². The van der Waals surface area contributed by atoms with Crippen LogP contribution >= 0.6 is 0 Å². The second-order valence-electron chi connectivity index (χ2n) is 13.5. The van der Waals surface area contributed by atoms with Crippen LogP contribution in [0.3, 0.4) is 0 Å². The predicted molar refractivity (Wildman–Crippen MR) is 140 cm³/mol. The number of hydrogen-bond acceptors (Lipinski definition) is 3. The Labute approximate surface area is 203 Å². The second-order valence-corrected chi connectivity index (χ2v) is 18.2. The van der Waals surface area contributed by atoms with Gasteiger partial charge in [-0.3, -0.25) is 0 Å². The maximum atomic E-state index is 13.8. The first-order valence-electron chi connectivity index (χ1n) is 13.1. The number of epoxide rings is 1. The summed E-state index contributed by atoms with van der Waals surface area (Å²) in [5, 5.41) is 14.0. The highest BCUT2D eigenvalue weighted by Gasteiger charge is 2.78. The first-order chi connectivity index (χ1) is 15.2. The van der Waals surface area contributed by atoms with E-state index in [1.54, 1.807) is 0 Å². The lowest BCUT2D eigenvalue weighted by molar-refractivity contribution is -0.0951. The molecule has 0 bridgehead atoms. The predicted octanol–water partition coefficient (Wildman–Crippen LogP) is 7.13. The Morgan fingerprint density at radius 2 is 1.79 bits per heavy atom. The highest BCUT2D eigenvalue weighted by molar-refractivity contribution is 6.74. The Bertz CT molecular complexity index is 848. The number of hydroxylamine groups is 2. The number of rotatable bonds is 6. The Morgan fingerprint density at radius 1 is 1.15 bits per heavy atom. The van der Waals surface area contributed by atoms with E-state index in [2.05, 4.69) is 54.6 Å². The summed E-state index contributed by atoms with van der Waals surface area (Å²) in [7, 11) is -0.0905. The van der Waals surface area contributed by atoms with E-state index in [4.69, 9.17) is 9.16 Å². The third-order valence-electron chi connectivity index (χ3n) is 10.0. The second kappa shape index (κ2) is 8.16. The van der Waals surface area contributed by atoms with Crippen molar-refractivity contribution in [3.8, 4) is 0 Å². The summed E-state index contributed by atoms with van der Waals surface area (Å²) in [5.74, 6) is 1.44. The molecule has 1 heterocycles. The zero-order valence-corrected chi connectivity index (χ0v) is 23.5. The number of para-hydroxylation sites is 1. The lowest BCUT2D eigenvalue weighted by Gasteiger charge is -2.56. The number of quaternary nitrogens is 1. The summed E-state index contributed by atoms with van der Waals surface area (Å²) in [6.07, 6.45) is 4.87. The zero-order valence-electron chi connectivity index (χ0n) is 22.5. The summed E-state index contributed by atoms with van der Waals surface area (Å²) in [6.45, 7) is 19.4. The van der Waals surface area contributed by atoms with Gasteiger partial charge in [0.05, 0.1) is 25.8 Å². The molecule has 1 aromatic rings. The minimum Gasteiger partial charge on any atom is -0.628 e. The van der Waals surface area contributed by atoms with Crippen LogP contribution in [0.25, 0.3) is 0 Å². The molecule has 186 valence electrons. The number of nitrogens with zero attached hydrogens (tertiary/aromatic N) is 1. The van der Waals surface area contributed by atoms with Crippen molar-refractivity contribution in [1.82, 2.24) is 4.65 Å². The van der Waals surface area contributed by atoms with Crippen LogP contribution in [0.1, 0.15) is 67.2 Å². The fraction of sp³-hybridized carbons (Fsp3) is 0.786. The third-order valence-corrected chi connectivity index (χ3v) is 14.5. The van der Waals surface area contributed by atoms with Crippen molar-refractivity contribution < 1.29 is 9.16 Å². The molecular formula is C28H47NO3Si. The minimum absolute atomic E-state index is 0.0296. The molecule has 7 atom stereocenters. The monoisotopic (exact) mass is 473 g/mol. The summed E-state index contributed by atoms with van der Waals surface area (Å²) < 4.78 is 13.7. The van der Waals surface area contributed by atoms with Crippen LogP contribution in [0.2, 0.25) is 18.1 Å². The van der Waals surface area contributed by atoms with Gasteiger partial charge in [-0.05, 0) is 67.8 Å². The van der Waals surface area contributed by atoms with E-state index in [1.165, 1.54) is 6.42 Å². The Hall–Kier alpha value is -0.723. The molecular weight excluding hydrogens is 426 g/mol. The first-order valence-corrected chi connectivity index (χ1v) is 16.0. The van der Waals surface area contributed by atoms with Crippen molar-refractivity contribution in [3.05, 3.63) is 35.5 Å².